The van der Waals surface area contributed by atoms with E-state index in [1.165, 1.54) is 10.7 Å². The van der Waals surface area contributed by atoms with Crippen LogP contribution in [0.4, 0.5) is 0 Å². The fourth-order valence-corrected chi connectivity index (χ4v) is 2.19. The van der Waals surface area contributed by atoms with Crippen molar-refractivity contribution in [3.05, 3.63) is 52.8 Å². The van der Waals surface area contributed by atoms with Crippen LogP contribution >= 0.6 is 15.9 Å². The first-order valence-corrected chi connectivity index (χ1v) is 6.28. The molecule has 3 rings (SSSR count). The molecule has 3 aromatic rings. The van der Waals surface area contributed by atoms with Gasteiger partial charge in [-0.2, -0.15) is 5.10 Å². The summed E-state index contributed by atoms with van der Waals surface area (Å²) in [7, 11) is 0. The number of nitrogens with zero attached hydrogens (tertiary/aromatic N) is 3. The molecule has 19 heavy (non-hydrogen) atoms. The molecule has 94 valence electrons. The highest BCUT2D eigenvalue weighted by atomic mass is 79.9. The highest BCUT2D eigenvalue weighted by Crippen LogP contribution is 2.21. The summed E-state index contributed by atoms with van der Waals surface area (Å²) >= 11 is 3.41. The number of benzene rings is 1. The second kappa shape index (κ2) is 4.47. The van der Waals surface area contributed by atoms with E-state index in [-0.39, 0.29) is 5.69 Å². The molecule has 2 aromatic heterocycles. The smallest absolute Gasteiger partial charge is 0.356 e. The third-order valence-corrected chi connectivity index (χ3v) is 3.15. The Morgan fingerprint density at radius 1 is 1.26 bits per heavy atom. The number of aromatic nitrogens is 3. The van der Waals surface area contributed by atoms with Gasteiger partial charge in [0.05, 0.1) is 11.9 Å². The molecule has 0 bridgehead atoms. The van der Waals surface area contributed by atoms with Gasteiger partial charge in [0.15, 0.2) is 11.3 Å². The molecule has 2 heterocycles. The number of hydrogen-bond donors (Lipinski definition) is 1. The van der Waals surface area contributed by atoms with Gasteiger partial charge in [-0.15, -0.1) is 0 Å². The highest BCUT2D eigenvalue weighted by Gasteiger charge is 2.10. The number of carboxylic acid groups (broad SMARTS) is 1. The van der Waals surface area contributed by atoms with Gasteiger partial charge in [0.25, 0.3) is 0 Å². The Morgan fingerprint density at radius 2 is 2.11 bits per heavy atom. The Labute approximate surface area is 116 Å². The van der Waals surface area contributed by atoms with Crippen LogP contribution in [0.15, 0.2) is 47.1 Å². The van der Waals surface area contributed by atoms with E-state index in [9.17, 15) is 4.79 Å². The molecule has 0 saturated carbocycles. The van der Waals surface area contributed by atoms with E-state index in [0.29, 0.717) is 5.65 Å². The monoisotopic (exact) mass is 317 g/mol. The molecule has 1 aromatic carbocycles. The lowest BCUT2D eigenvalue weighted by atomic mass is 10.1. The number of halogens is 1. The van der Waals surface area contributed by atoms with E-state index in [0.717, 1.165) is 15.7 Å². The topological polar surface area (TPSA) is 67.5 Å². The highest BCUT2D eigenvalue weighted by molar-refractivity contribution is 9.10. The summed E-state index contributed by atoms with van der Waals surface area (Å²) in [5.74, 6) is -1.06. The van der Waals surface area contributed by atoms with Crippen molar-refractivity contribution in [1.82, 2.24) is 14.6 Å². The van der Waals surface area contributed by atoms with Crippen molar-refractivity contribution < 1.29 is 9.90 Å². The van der Waals surface area contributed by atoms with Crippen molar-refractivity contribution in [1.29, 1.82) is 0 Å². The Bertz CT molecular complexity index is 782. The molecular weight excluding hydrogens is 310 g/mol. The number of hydrogen-bond acceptors (Lipinski definition) is 3. The number of rotatable bonds is 2. The van der Waals surface area contributed by atoms with E-state index in [4.69, 9.17) is 5.11 Å². The molecule has 0 amide bonds. The number of imidazole rings is 1. The van der Waals surface area contributed by atoms with Crippen LogP contribution in [-0.4, -0.2) is 25.7 Å². The molecule has 0 spiro atoms. The molecule has 0 fully saturated rings. The maximum absolute atomic E-state index is 10.9. The summed E-state index contributed by atoms with van der Waals surface area (Å²) < 4.78 is 2.43. The van der Waals surface area contributed by atoms with Crippen molar-refractivity contribution in [3.63, 3.8) is 0 Å². The zero-order chi connectivity index (χ0) is 13.4. The third-order valence-electron chi connectivity index (χ3n) is 2.66. The molecule has 0 radical (unpaired) electrons. The van der Waals surface area contributed by atoms with Crippen molar-refractivity contribution >= 4 is 27.5 Å². The largest absolute Gasteiger partial charge is 0.476 e. The van der Waals surface area contributed by atoms with E-state index >= 15 is 0 Å². The van der Waals surface area contributed by atoms with Gasteiger partial charge in [0.2, 0.25) is 0 Å². The van der Waals surface area contributed by atoms with Crippen molar-refractivity contribution in [2.24, 2.45) is 0 Å². The normalized spacial score (nSPS) is 10.8. The summed E-state index contributed by atoms with van der Waals surface area (Å²) in [5, 5.41) is 13.3. The van der Waals surface area contributed by atoms with Crippen LogP contribution in [0.25, 0.3) is 16.9 Å². The standard InChI is InChI=1S/C13H8BrN3O2/c14-9-3-1-2-8(6-9)10-4-5-12-15-11(13(18)19)7-17(12)16-10/h1-7H,(H,18,19). The maximum Gasteiger partial charge on any atom is 0.356 e. The molecule has 1 N–H and O–H groups in total. The Morgan fingerprint density at radius 3 is 2.84 bits per heavy atom. The zero-order valence-electron chi connectivity index (χ0n) is 9.62. The van der Waals surface area contributed by atoms with E-state index in [2.05, 4.69) is 26.0 Å². The van der Waals surface area contributed by atoms with Crippen LogP contribution in [-0.2, 0) is 0 Å². The summed E-state index contributed by atoms with van der Waals surface area (Å²) in [4.78, 5) is 14.8. The van der Waals surface area contributed by atoms with Crippen molar-refractivity contribution in [2.45, 2.75) is 0 Å². The van der Waals surface area contributed by atoms with Gasteiger partial charge >= 0.3 is 5.97 Å². The van der Waals surface area contributed by atoms with Gasteiger partial charge in [-0.1, -0.05) is 28.1 Å². The minimum absolute atomic E-state index is 0.0149. The number of carbonyl (C=O) groups is 1. The summed E-state index contributed by atoms with van der Waals surface area (Å²) in [5.41, 5.74) is 2.19. The van der Waals surface area contributed by atoms with Crippen molar-refractivity contribution in [2.75, 3.05) is 0 Å². The van der Waals surface area contributed by atoms with Gasteiger partial charge in [-0.05, 0) is 24.3 Å². The van der Waals surface area contributed by atoms with Gasteiger partial charge < -0.3 is 5.11 Å². The first-order valence-electron chi connectivity index (χ1n) is 5.49. The molecule has 0 aliphatic carbocycles. The molecule has 0 atom stereocenters. The predicted octanol–water partition coefficient (Wildman–Crippen LogP) is 2.86. The zero-order valence-corrected chi connectivity index (χ0v) is 11.2. The van der Waals surface area contributed by atoms with Crippen LogP contribution in [0.1, 0.15) is 10.5 Å². The first-order chi connectivity index (χ1) is 9.13. The lowest BCUT2D eigenvalue weighted by molar-refractivity contribution is 0.0691. The van der Waals surface area contributed by atoms with Crippen molar-refractivity contribution in [3.8, 4) is 11.3 Å². The maximum atomic E-state index is 10.9. The summed E-state index contributed by atoms with van der Waals surface area (Å²) in [6, 6.07) is 11.3. The molecule has 0 saturated heterocycles. The molecule has 0 unspecified atom stereocenters. The summed E-state index contributed by atoms with van der Waals surface area (Å²) in [6.45, 7) is 0. The number of aromatic carboxylic acids is 1. The molecule has 0 aliphatic heterocycles. The van der Waals surface area contributed by atoms with Gasteiger partial charge in [-0.3, -0.25) is 0 Å². The second-order valence-electron chi connectivity index (χ2n) is 3.96. The lowest BCUT2D eigenvalue weighted by Crippen LogP contribution is -1.95. The fraction of sp³-hybridized carbons (Fsp3) is 0. The third kappa shape index (κ3) is 2.22. The van der Waals surface area contributed by atoms with Crippen LogP contribution in [0.5, 0.6) is 0 Å². The average molecular weight is 318 g/mol. The molecule has 5 nitrogen and oxygen atoms in total. The first kappa shape index (κ1) is 11.9. The minimum atomic E-state index is -1.06. The molecule has 0 aliphatic rings. The van der Waals surface area contributed by atoms with Crippen LogP contribution < -0.4 is 0 Å². The van der Waals surface area contributed by atoms with E-state index < -0.39 is 5.97 Å². The van der Waals surface area contributed by atoms with E-state index in [1.54, 1.807) is 6.07 Å². The number of carboxylic acids is 1. The summed E-state index contributed by atoms with van der Waals surface area (Å²) in [6.07, 6.45) is 1.40. The van der Waals surface area contributed by atoms with Crippen LogP contribution in [0, 0.1) is 0 Å². The van der Waals surface area contributed by atoms with Crippen LogP contribution in [0.2, 0.25) is 0 Å². The Balaban J connectivity index is 2.13. The SMILES string of the molecule is O=C(O)c1cn2nc(-c3cccc(Br)c3)ccc2n1. The Hall–Kier alpha value is -2.21. The minimum Gasteiger partial charge on any atom is -0.476 e. The molecule has 6 heteroatoms. The second-order valence-corrected chi connectivity index (χ2v) is 4.88. The van der Waals surface area contributed by atoms with Gasteiger partial charge in [0.1, 0.15) is 0 Å². The molecular formula is C13H8BrN3O2. The average Bonchev–Trinajstić information content (AvgIpc) is 2.81. The quantitative estimate of drug-likeness (QED) is 0.789. The van der Waals surface area contributed by atoms with E-state index in [1.807, 2.05) is 30.3 Å². The Kier molecular flexibility index (Phi) is 2.79. The van der Waals surface area contributed by atoms with Gasteiger partial charge in [0, 0.05) is 10.0 Å². The lowest BCUT2D eigenvalue weighted by Gasteiger charge is -2.01. The number of fused-ring (bicyclic) bond motifs is 1. The van der Waals surface area contributed by atoms with Gasteiger partial charge in [-0.25, -0.2) is 14.3 Å². The fourth-order valence-electron chi connectivity index (χ4n) is 1.79. The van der Waals surface area contributed by atoms with Crippen LogP contribution in [0.3, 0.4) is 0 Å². The predicted molar refractivity (Wildman–Crippen MR) is 73.1 cm³/mol.